The highest BCUT2D eigenvalue weighted by Crippen LogP contribution is 2.18. The number of hydrogen-bond donors (Lipinski definition) is 2. The van der Waals surface area contributed by atoms with Gasteiger partial charge in [0.25, 0.3) is 10.0 Å². The smallest absolute Gasteiger partial charge is 0.261 e. The molecule has 3 aromatic rings. The normalized spacial score (nSPS) is 11.0. The zero-order chi connectivity index (χ0) is 24.0. The first kappa shape index (κ1) is 23.9. The predicted octanol–water partition coefficient (Wildman–Crippen LogP) is 3.44. The van der Waals surface area contributed by atoms with Gasteiger partial charge in [0.05, 0.1) is 17.7 Å². The zero-order valence-corrected chi connectivity index (χ0v) is 19.0. The lowest BCUT2D eigenvalue weighted by atomic mass is 10.1. The number of halogens is 1. The van der Waals surface area contributed by atoms with Crippen molar-refractivity contribution >= 4 is 33.2 Å². The van der Waals surface area contributed by atoms with Gasteiger partial charge in [0.1, 0.15) is 5.82 Å². The molecule has 0 aliphatic heterocycles. The highest BCUT2D eigenvalue weighted by Gasteiger charge is 2.14. The lowest BCUT2D eigenvalue weighted by Crippen LogP contribution is -2.23. The summed E-state index contributed by atoms with van der Waals surface area (Å²) in [5.41, 5.74) is 2.49. The van der Waals surface area contributed by atoms with Crippen LogP contribution in [-0.2, 0) is 32.5 Å². The zero-order valence-electron chi connectivity index (χ0n) is 18.2. The molecule has 9 heteroatoms. The minimum atomic E-state index is -3.84. The molecule has 172 valence electrons. The number of anilines is 2. The fraction of sp³-hybridized carbons (Fsp3) is 0.167. The number of benzene rings is 3. The van der Waals surface area contributed by atoms with E-state index in [1.165, 1.54) is 17.0 Å². The third kappa shape index (κ3) is 6.88. The van der Waals surface area contributed by atoms with E-state index in [0.717, 1.165) is 17.7 Å². The maximum Gasteiger partial charge on any atom is 0.261 e. The first-order valence-corrected chi connectivity index (χ1v) is 11.6. The molecule has 0 aliphatic rings. The van der Waals surface area contributed by atoms with Gasteiger partial charge >= 0.3 is 0 Å². The SMILES string of the molecule is CN(C)C(=O)Cc1ccc(NC(=O)Cc2ccc(NS(=O)(=O)c3ccc(F)cc3)cc2)cc1. The average Bonchev–Trinajstić information content (AvgIpc) is 2.76. The number of sulfonamides is 1. The molecule has 3 aromatic carbocycles. The van der Waals surface area contributed by atoms with E-state index < -0.39 is 15.8 Å². The van der Waals surface area contributed by atoms with Crippen LogP contribution in [0, 0.1) is 5.82 Å². The van der Waals surface area contributed by atoms with E-state index >= 15 is 0 Å². The van der Waals surface area contributed by atoms with Crippen molar-refractivity contribution in [3.8, 4) is 0 Å². The van der Waals surface area contributed by atoms with Crippen LogP contribution in [0.15, 0.2) is 77.7 Å². The van der Waals surface area contributed by atoms with E-state index in [1.807, 2.05) is 0 Å². The molecule has 0 radical (unpaired) electrons. The molecule has 33 heavy (non-hydrogen) atoms. The fourth-order valence-electron chi connectivity index (χ4n) is 2.95. The van der Waals surface area contributed by atoms with Gasteiger partial charge in [-0.2, -0.15) is 0 Å². The van der Waals surface area contributed by atoms with Crippen molar-refractivity contribution in [1.29, 1.82) is 0 Å². The monoisotopic (exact) mass is 469 g/mol. The lowest BCUT2D eigenvalue weighted by molar-refractivity contribution is -0.128. The molecule has 0 spiro atoms. The number of likely N-dealkylation sites (N-methyl/N-ethyl adjacent to an activating group) is 1. The van der Waals surface area contributed by atoms with Crippen LogP contribution in [-0.4, -0.2) is 39.2 Å². The Morgan fingerprint density at radius 2 is 1.30 bits per heavy atom. The second-order valence-electron chi connectivity index (χ2n) is 7.64. The minimum Gasteiger partial charge on any atom is -0.349 e. The van der Waals surface area contributed by atoms with Gasteiger partial charge in [0.15, 0.2) is 0 Å². The molecule has 0 heterocycles. The van der Waals surface area contributed by atoms with E-state index in [0.29, 0.717) is 23.4 Å². The van der Waals surface area contributed by atoms with Crippen LogP contribution in [0.4, 0.5) is 15.8 Å². The average molecular weight is 470 g/mol. The number of rotatable bonds is 8. The lowest BCUT2D eigenvalue weighted by Gasteiger charge is -2.11. The molecule has 2 N–H and O–H groups in total. The molecule has 0 saturated heterocycles. The van der Waals surface area contributed by atoms with E-state index in [-0.39, 0.29) is 23.1 Å². The molecule has 7 nitrogen and oxygen atoms in total. The second-order valence-corrected chi connectivity index (χ2v) is 9.33. The summed E-state index contributed by atoms with van der Waals surface area (Å²) in [7, 11) is -0.446. The summed E-state index contributed by atoms with van der Waals surface area (Å²) in [6.07, 6.45) is 0.393. The number of hydrogen-bond acceptors (Lipinski definition) is 4. The van der Waals surface area contributed by atoms with Crippen LogP contribution >= 0.6 is 0 Å². The Hall–Kier alpha value is -3.72. The summed E-state index contributed by atoms with van der Waals surface area (Å²) in [5.74, 6) is -0.756. The highest BCUT2D eigenvalue weighted by atomic mass is 32.2. The molecular weight excluding hydrogens is 445 g/mol. The molecule has 0 unspecified atom stereocenters. The van der Waals surface area contributed by atoms with Gasteiger partial charge in [-0.3, -0.25) is 14.3 Å². The van der Waals surface area contributed by atoms with Gasteiger partial charge < -0.3 is 10.2 Å². The van der Waals surface area contributed by atoms with Crippen LogP contribution in [0.3, 0.4) is 0 Å². The predicted molar refractivity (Wildman–Crippen MR) is 125 cm³/mol. The van der Waals surface area contributed by atoms with Crippen molar-refractivity contribution in [2.24, 2.45) is 0 Å². The van der Waals surface area contributed by atoms with Crippen molar-refractivity contribution < 1.29 is 22.4 Å². The summed E-state index contributed by atoms with van der Waals surface area (Å²) in [6, 6.07) is 18.0. The quantitative estimate of drug-likeness (QED) is 0.528. The third-order valence-electron chi connectivity index (χ3n) is 4.79. The standard InChI is InChI=1S/C24H24FN3O4S/c1-28(2)24(30)16-18-3-9-20(10-4-18)26-23(29)15-17-5-11-21(12-6-17)27-33(31,32)22-13-7-19(25)8-14-22/h3-14,27H,15-16H2,1-2H3,(H,26,29). The second kappa shape index (κ2) is 10.3. The molecule has 0 atom stereocenters. The van der Waals surface area contributed by atoms with E-state index in [9.17, 15) is 22.4 Å². The Balaban J connectivity index is 1.55. The highest BCUT2D eigenvalue weighted by molar-refractivity contribution is 7.92. The largest absolute Gasteiger partial charge is 0.349 e. The molecule has 2 amide bonds. The van der Waals surface area contributed by atoms with Gasteiger partial charge in [0.2, 0.25) is 11.8 Å². The van der Waals surface area contributed by atoms with Crippen LogP contribution in [0.5, 0.6) is 0 Å². The van der Waals surface area contributed by atoms with E-state index in [1.54, 1.807) is 62.6 Å². The number of carbonyl (C=O) groups excluding carboxylic acids is 2. The number of nitrogens with zero attached hydrogens (tertiary/aromatic N) is 1. The summed E-state index contributed by atoms with van der Waals surface area (Å²) in [4.78, 5) is 25.6. The van der Waals surface area contributed by atoms with Crippen molar-refractivity contribution in [1.82, 2.24) is 4.90 Å². The molecule has 0 aromatic heterocycles. The van der Waals surface area contributed by atoms with Crippen molar-refractivity contribution in [2.75, 3.05) is 24.1 Å². The van der Waals surface area contributed by atoms with Crippen LogP contribution in [0.25, 0.3) is 0 Å². The molecule has 0 saturated carbocycles. The fourth-order valence-corrected chi connectivity index (χ4v) is 4.01. The number of amides is 2. The van der Waals surface area contributed by atoms with Gasteiger partial charge in [0, 0.05) is 25.5 Å². The van der Waals surface area contributed by atoms with Crippen molar-refractivity contribution in [3.05, 3.63) is 89.7 Å². The molecule has 0 fully saturated rings. The summed E-state index contributed by atoms with van der Waals surface area (Å²) in [6.45, 7) is 0. The van der Waals surface area contributed by atoms with E-state index in [4.69, 9.17) is 0 Å². The Bertz CT molecular complexity index is 1220. The minimum absolute atomic E-state index is 0.00446. The maximum atomic E-state index is 13.0. The summed E-state index contributed by atoms with van der Waals surface area (Å²) < 4.78 is 40.2. The summed E-state index contributed by atoms with van der Waals surface area (Å²) in [5, 5.41) is 2.80. The van der Waals surface area contributed by atoms with E-state index in [2.05, 4.69) is 10.0 Å². The Morgan fingerprint density at radius 1 is 0.788 bits per heavy atom. The Morgan fingerprint density at radius 3 is 1.85 bits per heavy atom. The first-order chi connectivity index (χ1) is 15.6. The van der Waals surface area contributed by atoms with Crippen molar-refractivity contribution in [3.63, 3.8) is 0 Å². The topological polar surface area (TPSA) is 95.6 Å². The van der Waals surface area contributed by atoms with Gasteiger partial charge in [-0.1, -0.05) is 24.3 Å². The van der Waals surface area contributed by atoms with Crippen LogP contribution in [0.2, 0.25) is 0 Å². The Kier molecular flexibility index (Phi) is 7.44. The summed E-state index contributed by atoms with van der Waals surface area (Å²) >= 11 is 0. The van der Waals surface area contributed by atoms with Crippen molar-refractivity contribution in [2.45, 2.75) is 17.7 Å². The molecule has 0 aliphatic carbocycles. The Labute approximate surface area is 192 Å². The van der Waals surface area contributed by atoms with Gasteiger partial charge in [-0.15, -0.1) is 0 Å². The maximum absolute atomic E-state index is 13.0. The number of carbonyl (C=O) groups is 2. The number of nitrogens with one attached hydrogen (secondary N) is 2. The molecular formula is C24H24FN3O4S. The van der Waals surface area contributed by atoms with Gasteiger partial charge in [-0.05, 0) is 59.7 Å². The molecule has 3 rings (SSSR count). The van der Waals surface area contributed by atoms with Crippen LogP contribution in [0.1, 0.15) is 11.1 Å². The van der Waals surface area contributed by atoms with Gasteiger partial charge in [-0.25, -0.2) is 12.8 Å². The first-order valence-electron chi connectivity index (χ1n) is 10.1. The van der Waals surface area contributed by atoms with Crippen LogP contribution < -0.4 is 10.0 Å². The third-order valence-corrected chi connectivity index (χ3v) is 6.18. The molecule has 0 bridgehead atoms.